The Morgan fingerprint density at radius 2 is 2.33 bits per heavy atom. The molecule has 1 aromatic heterocycles. The fourth-order valence-electron chi connectivity index (χ4n) is 1.28. The predicted octanol–water partition coefficient (Wildman–Crippen LogP) is 3.83. The van der Waals surface area contributed by atoms with Crippen molar-refractivity contribution in [1.82, 2.24) is 4.98 Å². The molecule has 0 radical (unpaired) electrons. The molecular weight excluding hydrogens is 272 g/mol. The van der Waals surface area contributed by atoms with Crippen molar-refractivity contribution in [2.75, 3.05) is 5.32 Å². The van der Waals surface area contributed by atoms with Gasteiger partial charge in [-0.1, -0.05) is 28.1 Å². The van der Waals surface area contributed by atoms with Crippen LogP contribution in [0.4, 0.5) is 5.13 Å². The van der Waals surface area contributed by atoms with Gasteiger partial charge in [-0.2, -0.15) is 0 Å². The minimum atomic E-state index is 0.800. The van der Waals surface area contributed by atoms with E-state index >= 15 is 0 Å². The van der Waals surface area contributed by atoms with Gasteiger partial charge in [-0.15, -0.1) is 11.3 Å². The summed E-state index contributed by atoms with van der Waals surface area (Å²) in [5, 5.41) is 6.20. The monoisotopic (exact) mass is 282 g/mol. The second-order valence-corrected chi connectivity index (χ2v) is 5.03. The normalized spacial score (nSPS) is 10.3. The number of hydrogen-bond acceptors (Lipinski definition) is 3. The highest BCUT2D eigenvalue weighted by Crippen LogP contribution is 2.20. The van der Waals surface area contributed by atoms with Crippen molar-refractivity contribution in [3.05, 3.63) is 45.4 Å². The van der Waals surface area contributed by atoms with Crippen LogP contribution in [0.25, 0.3) is 0 Å². The average molecular weight is 283 g/mol. The SMILES string of the molecule is Cc1ccc(CNc2nccs2)c(Br)c1. The lowest BCUT2D eigenvalue weighted by atomic mass is 10.1. The number of nitrogens with one attached hydrogen (secondary N) is 1. The Morgan fingerprint density at radius 1 is 1.47 bits per heavy atom. The third-order valence-electron chi connectivity index (χ3n) is 2.07. The number of rotatable bonds is 3. The topological polar surface area (TPSA) is 24.9 Å². The first kappa shape index (κ1) is 10.6. The van der Waals surface area contributed by atoms with Gasteiger partial charge in [-0.05, 0) is 24.1 Å². The van der Waals surface area contributed by atoms with E-state index in [1.54, 1.807) is 17.5 Å². The highest BCUT2D eigenvalue weighted by atomic mass is 79.9. The molecule has 2 nitrogen and oxygen atoms in total. The van der Waals surface area contributed by atoms with Gasteiger partial charge in [0, 0.05) is 22.6 Å². The molecule has 78 valence electrons. The average Bonchev–Trinajstić information content (AvgIpc) is 2.69. The summed E-state index contributed by atoms with van der Waals surface area (Å²) >= 11 is 5.17. The number of halogens is 1. The second kappa shape index (κ2) is 4.77. The maximum Gasteiger partial charge on any atom is 0.182 e. The lowest BCUT2D eigenvalue weighted by Gasteiger charge is -2.06. The summed E-state index contributed by atoms with van der Waals surface area (Å²) in [7, 11) is 0. The van der Waals surface area contributed by atoms with Crippen molar-refractivity contribution < 1.29 is 0 Å². The third-order valence-corrected chi connectivity index (χ3v) is 3.54. The summed E-state index contributed by atoms with van der Waals surface area (Å²) < 4.78 is 1.14. The van der Waals surface area contributed by atoms with Gasteiger partial charge in [0.25, 0.3) is 0 Å². The summed E-state index contributed by atoms with van der Waals surface area (Å²) in [6.45, 7) is 2.89. The molecule has 4 heteroatoms. The quantitative estimate of drug-likeness (QED) is 0.926. The lowest BCUT2D eigenvalue weighted by Crippen LogP contribution is -1.99. The summed E-state index contributed by atoms with van der Waals surface area (Å²) in [6.07, 6.45) is 1.80. The molecule has 0 aliphatic heterocycles. The molecule has 1 N–H and O–H groups in total. The van der Waals surface area contributed by atoms with Gasteiger partial charge in [-0.3, -0.25) is 0 Å². The number of nitrogens with zero attached hydrogens (tertiary/aromatic N) is 1. The van der Waals surface area contributed by atoms with Crippen LogP contribution in [0.1, 0.15) is 11.1 Å². The Hall–Kier alpha value is -0.870. The van der Waals surface area contributed by atoms with Gasteiger partial charge in [0.15, 0.2) is 5.13 Å². The molecule has 0 atom stereocenters. The maximum absolute atomic E-state index is 4.17. The Kier molecular flexibility index (Phi) is 3.38. The summed E-state index contributed by atoms with van der Waals surface area (Å²) in [6, 6.07) is 6.36. The van der Waals surface area contributed by atoms with Crippen molar-refractivity contribution in [1.29, 1.82) is 0 Å². The summed E-state index contributed by atoms with van der Waals surface area (Å²) in [4.78, 5) is 4.17. The third kappa shape index (κ3) is 2.79. The lowest BCUT2D eigenvalue weighted by molar-refractivity contribution is 1.12. The van der Waals surface area contributed by atoms with Crippen LogP contribution >= 0.6 is 27.3 Å². The molecule has 0 aliphatic carbocycles. The summed E-state index contributed by atoms with van der Waals surface area (Å²) in [5.41, 5.74) is 2.51. The zero-order chi connectivity index (χ0) is 10.7. The van der Waals surface area contributed by atoms with Crippen molar-refractivity contribution >= 4 is 32.4 Å². The number of benzene rings is 1. The van der Waals surface area contributed by atoms with Crippen LogP contribution in [0, 0.1) is 6.92 Å². The van der Waals surface area contributed by atoms with Gasteiger partial charge in [0.2, 0.25) is 0 Å². The van der Waals surface area contributed by atoms with Crippen LogP contribution in [0.5, 0.6) is 0 Å². The first-order chi connectivity index (χ1) is 7.25. The minimum Gasteiger partial charge on any atom is -0.357 e. The fraction of sp³-hybridized carbons (Fsp3) is 0.182. The molecule has 15 heavy (non-hydrogen) atoms. The zero-order valence-electron chi connectivity index (χ0n) is 8.33. The van der Waals surface area contributed by atoms with E-state index in [2.05, 4.69) is 51.4 Å². The van der Waals surface area contributed by atoms with Gasteiger partial charge in [-0.25, -0.2) is 4.98 Å². The van der Waals surface area contributed by atoms with Gasteiger partial charge < -0.3 is 5.32 Å². The largest absolute Gasteiger partial charge is 0.357 e. The van der Waals surface area contributed by atoms with Crippen LogP contribution in [0.15, 0.2) is 34.2 Å². The first-order valence-electron chi connectivity index (χ1n) is 4.64. The molecule has 0 spiro atoms. The molecule has 2 rings (SSSR count). The van der Waals surface area contributed by atoms with E-state index < -0.39 is 0 Å². The zero-order valence-corrected chi connectivity index (χ0v) is 10.7. The smallest absolute Gasteiger partial charge is 0.182 e. The number of anilines is 1. The number of aryl methyl sites for hydroxylation is 1. The van der Waals surface area contributed by atoms with Crippen molar-refractivity contribution in [2.24, 2.45) is 0 Å². The van der Waals surface area contributed by atoms with E-state index in [-0.39, 0.29) is 0 Å². The second-order valence-electron chi connectivity index (χ2n) is 3.29. The molecule has 0 aliphatic rings. The van der Waals surface area contributed by atoms with E-state index in [0.29, 0.717) is 0 Å². The van der Waals surface area contributed by atoms with E-state index in [4.69, 9.17) is 0 Å². The van der Waals surface area contributed by atoms with Crippen LogP contribution in [0.2, 0.25) is 0 Å². The molecule has 0 unspecified atom stereocenters. The van der Waals surface area contributed by atoms with E-state index in [9.17, 15) is 0 Å². The molecule has 0 bridgehead atoms. The molecule has 1 aromatic carbocycles. The Morgan fingerprint density at radius 3 is 3.00 bits per heavy atom. The Labute approximate surface area is 101 Å². The predicted molar refractivity (Wildman–Crippen MR) is 68.3 cm³/mol. The van der Waals surface area contributed by atoms with Gasteiger partial charge in [0.1, 0.15) is 0 Å². The number of hydrogen-bond donors (Lipinski definition) is 1. The van der Waals surface area contributed by atoms with Gasteiger partial charge in [0.05, 0.1) is 0 Å². The first-order valence-corrected chi connectivity index (χ1v) is 6.31. The molecule has 1 heterocycles. The Bertz CT molecular complexity index is 440. The standard InChI is InChI=1S/C11H11BrN2S/c1-8-2-3-9(10(12)6-8)7-14-11-13-4-5-15-11/h2-6H,7H2,1H3,(H,13,14). The van der Waals surface area contributed by atoms with Crippen LogP contribution < -0.4 is 5.32 Å². The molecule has 0 saturated carbocycles. The number of aromatic nitrogens is 1. The van der Waals surface area contributed by atoms with Crippen molar-refractivity contribution in [3.63, 3.8) is 0 Å². The van der Waals surface area contributed by atoms with E-state index in [1.165, 1.54) is 11.1 Å². The molecular formula is C11H11BrN2S. The molecule has 0 saturated heterocycles. The van der Waals surface area contributed by atoms with E-state index in [1.807, 2.05) is 5.38 Å². The van der Waals surface area contributed by atoms with Crippen LogP contribution in [-0.4, -0.2) is 4.98 Å². The molecule has 2 aromatic rings. The van der Waals surface area contributed by atoms with E-state index in [0.717, 1.165) is 16.1 Å². The fourth-order valence-corrected chi connectivity index (χ4v) is 2.44. The summed E-state index contributed by atoms with van der Waals surface area (Å²) in [5.74, 6) is 0. The van der Waals surface area contributed by atoms with Gasteiger partial charge >= 0.3 is 0 Å². The van der Waals surface area contributed by atoms with Crippen molar-refractivity contribution in [2.45, 2.75) is 13.5 Å². The molecule has 0 amide bonds. The van der Waals surface area contributed by atoms with Crippen LogP contribution in [0.3, 0.4) is 0 Å². The van der Waals surface area contributed by atoms with Crippen molar-refractivity contribution in [3.8, 4) is 0 Å². The minimum absolute atomic E-state index is 0.800. The Balaban J connectivity index is 2.05. The number of thiazole rings is 1. The highest BCUT2D eigenvalue weighted by molar-refractivity contribution is 9.10. The maximum atomic E-state index is 4.17. The molecule has 0 fully saturated rings. The highest BCUT2D eigenvalue weighted by Gasteiger charge is 2.00. The van der Waals surface area contributed by atoms with Crippen LogP contribution in [-0.2, 0) is 6.54 Å².